The van der Waals surface area contributed by atoms with Crippen molar-refractivity contribution in [2.45, 2.75) is 18.6 Å². The predicted molar refractivity (Wildman–Crippen MR) is 48.1 cm³/mol. The Balaban J connectivity index is 2.19. The highest BCUT2D eigenvalue weighted by Gasteiger charge is 2.28. The number of hydrogen-bond acceptors (Lipinski definition) is 3. The molecule has 1 heterocycles. The van der Waals surface area contributed by atoms with Gasteiger partial charge >= 0.3 is 6.18 Å². The molecule has 0 aliphatic carbocycles. The van der Waals surface area contributed by atoms with Gasteiger partial charge in [-0.15, -0.1) is 0 Å². The number of hydrogen-bond donors (Lipinski definition) is 2. The molecule has 1 amide bonds. The van der Waals surface area contributed by atoms with Crippen molar-refractivity contribution >= 4 is 5.91 Å². The van der Waals surface area contributed by atoms with Crippen molar-refractivity contribution < 1.29 is 18.0 Å². The molecule has 0 saturated carbocycles. The summed E-state index contributed by atoms with van der Waals surface area (Å²) in [5.41, 5.74) is 5.59. The number of carbonyl (C=O) groups excluding carboxylic acids is 1. The minimum Gasteiger partial charge on any atom is -0.346 e. The summed E-state index contributed by atoms with van der Waals surface area (Å²) in [7, 11) is 0. The topological polar surface area (TPSA) is 58.4 Å². The van der Waals surface area contributed by atoms with Crippen LogP contribution in [-0.4, -0.2) is 49.2 Å². The van der Waals surface area contributed by atoms with E-state index >= 15 is 0 Å². The Bertz CT molecular complexity index is 232. The lowest BCUT2D eigenvalue weighted by molar-refractivity contribution is -0.138. The molecular formula is C8H14F3N3O. The van der Waals surface area contributed by atoms with E-state index in [1.807, 2.05) is 5.32 Å². The van der Waals surface area contributed by atoms with E-state index in [2.05, 4.69) is 0 Å². The third kappa shape index (κ3) is 4.98. The number of amides is 1. The first kappa shape index (κ1) is 12.3. The second kappa shape index (κ2) is 4.80. The monoisotopic (exact) mass is 225 g/mol. The number of halogens is 3. The third-order valence-corrected chi connectivity index (χ3v) is 2.16. The molecule has 7 heteroatoms. The summed E-state index contributed by atoms with van der Waals surface area (Å²) in [6.45, 7) is -0.0461. The molecule has 1 aliphatic heterocycles. The number of nitrogens with two attached hydrogens (primary N) is 1. The molecule has 1 saturated heterocycles. The number of nitrogens with zero attached hydrogens (tertiary/aromatic N) is 1. The maximum absolute atomic E-state index is 11.7. The fourth-order valence-corrected chi connectivity index (χ4v) is 1.46. The van der Waals surface area contributed by atoms with Gasteiger partial charge in [0.05, 0.1) is 6.54 Å². The van der Waals surface area contributed by atoms with Crippen molar-refractivity contribution in [1.29, 1.82) is 0 Å². The van der Waals surface area contributed by atoms with Gasteiger partial charge in [-0.2, -0.15) is 13.2 Å². The van der Waals surface area contributed by atoms with Gasteiger partial charge in [-0.05, 0) is 6.42 Å². The molecule has 0 unspecified atom stereocenters. The van der Waals surface area contributed by atoms with Crippen LogP contribution in [0.3, 0.4) is 0 Å². The quantitative estimate of drug-likeness (QED) is 0.693. The van der Waals surface area contributed by atoms with Crippen LogP contribution in [0.5, 0.6) is 0 Å². The molecule has 15 heavy (non-hydrogen) atoms. The van der Waals surface area contributed by atoms with Gasteiger partial charge in [-0.3, -0.25) is 9.69 Å². The summed E-state index contributed by atoms with van der Waals surface area (Å²) < 4.78 is 35.2. The summed E-state index contributed by atoms with van der Waals surface area (Å²) in [5.74, 6) is -0.610. The average molecular weight is 225 g/mol. The van der Waals surface area contributed by atoms with E-state index in [0.29, 0.717) is 13.1 Å². The molecule has 88 valence electrons. The van der Waals surface area contributed by atoms with E-state index in [-0.39, 0.29) is 12.6 Å². The lowest BCUT2D eigenvalue weighted by Crippen LogP contribution is -2.41. The SMILES string of the molecule is N[C@H]1CCN(CC(=O)NCC(F)(F)F)C1. The van der Waals surface area contributed by atoms with Crippen LogP contribution in [0.15, 0.2) is 0 Å². The summed E-state index contributed by atoms with van der Waals surface area (Å²) in [6.07, 6.45) is -3.57. The molecule has 1 atom stereocenters. The Morgan fingerprint density at radius 2 is 2.20 bits per heavy atom. The Morgan fingerprint density at radius 1 is 1.53 bits per heavy atom. The Labute approximate surface area is 85.6 Å². The molecule has 1 rings (SSSR count). The van der Waals surface area contributed by atoms with Crippen LogP contribution < -0.4 is 11.1 Å². The van der Waals surface area contributed by atoms with Crippen LogP contribution in [0.1, 0.15) is 6.42 Å². The molecule has 0 spiro atoms. The van der Waals surface area contributed by atoms with E-state index in [9.17, 15) is 18.0 Å². The van der Waals surface area contributed by atoms with Crippen molar-refractivity contribution in [2.75, 3.05) is 26.2 Å². The summed E-state index contributed by atoms with van der Waals surface area (Å²) in [6, 6.07) is 0.0282. The van der Waals surface area contributed by atoms with E-state index in [4.69, 9.17) is 5.73 Å². The van der Waals surface area contributed by atoms with Gasteiger partial charge in [0.1, 0.15) is 6.54 Å². The maximum atomic E-state index is 11.7. The summed E-state index contributed by atoms with van der Waals surface area (Å²) in [5, 5.41) is 1.82. The zero-order chi connectivity index (χ0) is 11.5. The normalized spacial score (nSPS) is 23.1. The molecule has 0 bridgehead atoms. The second-order valence-corrected chi connectivity index (χ2v) is 3.68. The minimum absolute atomic E-state index is 0.0101. The van der Waals surface area contributed by atoms with Crippen molar-refractivity contribution in [3.05, 3.63) is 0 Å². The van der Waals surface area contributed by atoms with E-state index in [1.165, 1.54) is 0 Å². The molecular weight excluding hydrogens is 211 g/mol. The van der Waals surface area contributed by atoms with E-state index < -0.39 is 18.6 Å². The Kier molecular flexibility index (Phi) is 3.92. The average Bonchev–Trinajstić information content (AvgIpc) is 2.47. The molecule has 0 aromatic carbocycles. The van der Waals surface area contributed by atoms with Crippen molar-refractivity contribution in [3.63, 3.8) is 0 Å². The number of nitrogens with one attached hydrogen (secondary N) is 1. The first-order valence-corrected chi connectivity index (χ1v) is 4.68. The Hall–Kier alpha value is -0.820. The predicted octanol–water partition coefficient (Wildman–Crippen LogP) is -0.302. The smallest absolute Gasteiger partial charge is 0.346 e. The van der Waals surface area contributed by atoms with Crippen LogP contribution in [0, 0.1) is 0 Å². The molecule has 4 nitrogen and oxygen atoms in total. The van der Waals surface area contributed by atoms with Gasteiger partial charge < -0.3 is 11.1 Å². The highest BCUT2D eigenvalue weighted by Crippen LogP contribution is 2.12. The molecule has 3 N–H and O–H groups in total. The van der Waals surface area contributed by atoms with E-state index in [1.54, 1.807) is 4.90 Å². The first-order chi connectivity index (χ1) is 6.87. The zero-order valence-corrected chi connectivity index (χ0v) is 8.18. The highest BCUT2D eigenvalue weighted by molar-refractivity contribution is 5.78. The highest BCUT2D eigenvalue weighted by atomic mass is 19.4. The molecule has 0 aromatic heterocycles. The van der Waals surface area contributed by atoms with Gasteiger partial charge in [0, 0.05) is 19.1 Å². The zero-order valence-electron chi connectivity index (χ0n) is 8.18. The lowest BCUT2D eigenvalue weighted by atomic mass is 10.3. The van der Waals surface area contributed by atoms with Gasteiger partial charge in [-0.1, -0.05) is 0 Å². The number of alkyl halides is 3. The number of likely N-dealkylation sites (tertiary alicyclic amines) is 1. The van der Waals surface area contributed by atoms with Crippen molar-refractivity contribution in [3.8, 4) is 0 Å². The van der Waals surface area contributed by atoms with Gasteiger partial charge in [0.2, 0.25) is 5.91 Å². The first-order valence-electron chi connectivity index (χ1n) is 4.68. The molecule has 1 fully saturated rings. The van der Waals surface area contributed by atoms with Crippen LogP contribution in [0.25, 0.3) is 0 Å². The lowest BCUT2D eigenvalue weighted by Gasteiger charge is -2.15. The fourth-order valence-electron chi connectivity index (χ4n) is 1.46. The second-order valence-electron chi connectivity index (χ2n) is 3.68. The standard InChI is InChI=1S/C8H14F3N3O/c9-8(10,11)5-13-7(15)4-14-2-1-6(12)3-14/h6H,1-5,12H2,(H,13,15)/t6-/m0/s1. The molecule has 0 aromatic rings. The fraction of sp³-hybridized carbons (Fsp3) is 0.875. The van der Waals surface area contributed by atoms with Crippen molar-refractivity contribution in [2.24, 2.45) is 5.73 Å². The maximum Gasteiger partial charge on any atom is 0.405 e. The summed E-state index contributed by atoms with van der Waals surface area (Å²) >= 11 is 0. The van der Waals surface area contributed by atoms with Gasteiger partial charge in [0.15, 0.2) is 0 Å². The van der Waals surface area contributed by atoms with Crippen molar-refractivity contribution in [1.82, 2.24) is 10.2 Å². The third-order valence-electron chi connectivity index (χ3n) is 2.16. The Morgan fingerprint density at radius 3 is 2.67 bits per heavy atom. The molecule has 1 aliphatic rings. The van der Waals surface area contributed by atoms with Crippen LogP contribution in [-0.2, 0) is 4.79 Å². The largest absolute Gasteiger partial charge is 0.405 e. The van der Waals surface area contributed by atoms with Gasteiger partial charge in [-0.25, -0.2) is 0 Å². The van der Waals surface area contributed by atoms with E-state index in [0.717, 1.165) is 6.42 Å². The molecule has 0 radical (unpaired) electrons. The van der Waals surface area contributed by atoms with Crippen LogP contribution >= 0.6 is 0 Å². The van der Waals surface area contributed by atoms with Gasteiger partial charge in [0.25, 0.3) is 0 Å². The number of carbonyl (C=O) groups is 1. The summed E-state index contributed by atoms with van der Waals surface area (Å²) in [4.78, 5) is 12.8. The van der Waals surface area contributed by atoms with Crippen LogP contribution in [0.4, 0.5) is 13.2 Å². The number of rotatable bonds is 3. The van der Waals surface area contributed by atoms with Crippen LogP contribution in [0.2, 0.25) is 0 Å². The minimum atomic E-state index is -4.35.